The number of aromatic nitrogens is 2. The molecule has 0 N–H and O–H groups in total. The minimum absolute atomic E-state index is 0.205. The summed E-state index contributed by atoms with van der Waals surface area (Å²) in [6.45, 7) is 4.73. The molecule has 2 aromatic carbocycles. The van der Waals surface area contributed by atoms with Crippen molar-refractivity contribution in [3.63, 3.8) is 0 Å². The highest BCUT2D eigenvalue weighted by Crippen LogP contribution is 2.24. The number of hydrogen-bond donors (Lipinski definition) is 0. The highest BCUT2D eigenvalue weighted by molar-refractivity contribution is 9.10. The molecule has 5 heteroatoms. The fourth-order valence-corrected chi connectivity index (χ4v) is 3.54. The van der Waals surface area contributed by atoms with Gasteiger partial charge in [0.1, 0.15) is 10.3 Å². The number of hydrogen-bond acceptors (Lipinski definition) is 3. The third-order valence-corrected chi connectivity index (χ3v) is 5.77. The molecule has 0 amide bonds. The molecule has 3 rings (SSSR count). The van der Waals surface area contributed by atoms with Crippen LogP contribution in [0.3, 0.4) is 0 Å². The third kappa shape index (κ3) is 4.23. The van der Waals surface area contributed by atoms with Gasteiger partial charge in [0.15, 0.2) is 0 Å². The molecule has 142 valence electrons. The minimum Gasteiger partial charge on any atom is -0.328 e. The quantitative estimate of drug-likeness (QED) is 0.531. The van der Waals surface area contributed by atoms with E-state index in [0.717, 1.165) is 47.5 Å². The maximum atomic E-state index is 12.1. The van der Waals surface area contributed by atoms with Crippen LogP contribution in [0.25, 0.3) is 11.1 Å². The van der Waals surface area contributed by atoms with E-state index < -0.39 is 0 Å². The average molecular weight is 436 g/mol. The van der Waals surface area contributed by atoms with E-state index in [9.17, 15) is 10.1 Å². The van der Waals surface area contributed by atoms with Gasteiger partial charge in [0.05, 0.1) is 11.6 Å². The predicted octanol–water partition coefficient (Wildman–Crippen LogP) is 5.24. The predicted molar refractivity (Wildman–Crippen MR) is 115 cm³/mol. The number of aryl methyl sites for hydroxylation is 1. The van der Waals surface area contributed by atoms with Crippen molar-refractivity contribution in [3.05, 3.63) is 86.0 Å². The molecule has 3 aromatic rings. The molecule has 0 saturated heterocycles. The maximum absolute atomic E-state index is 12.1. The van der Waals surface area contributed by atoms with Gasteiger partial charge in [-0.05, 0) is 52.0 Å². The summed E-state index contributed by atoms with van der Waals surface area (Å²) < 4.78 is 2.63. The van der Waals surface area contributed by atoms with Crippen LogP contribution in [0.1, 0.15) is 42.4 Å². The lowest BCUT2D eigenvalue weighted by atomic mass is 9.99. The molecule has 4 nitrogen and oxygen atoms in total. The second-order valence-corrected chi connectivity index (χ2v) is 7.57. The Morgan fingerprint density at radius 2 is 1.86 bits per heavy atom. The molecule has 1 aromatic heterocycles. The van der Waals surface area contributed by atoms with E-state index in [1.54, 1.807) is 0 Å². The smallest absolute Gasteiger partial charge is 0.287 e. The monoisotopic (exact) mass is 435 g/mol. The maximum Gasteiger partial charge on any atom is 0.287 e. The first-order valence-electron chi connectivity index (χ1n) is 9.39. The number of nitrogens with zero attached hydrogens (tertiary/aromatic N) is 3. The molecule has 0 fully saturated rings. The van der Waals surface area contributed by atoms with Crippen molar-refractivity contribution in [2.75, 3.05) is 0 Å². The lowest BCUT2D eigenvalue weighted by molar-refractivity contribution is 0.630. The summed E-state index contributed by atoms with van der Waals surface area (Å²) in [7, 11) is 0. The van der Waals surface area contributed by atoms with Crippen molar-refractivity contribution in [1.29, 1.82) is 5.26 Å². The molecule has 0 bridgehead atoms. The van der Waals surface area contributed by atoms with E-state index >= 15 is 0 Å². The Balaban J connectivity index is 1.93. The summed E-state index contributed by atoms with van der Waals surface area (Å²) in [5.74, 6) is 0.825. The lowest BCUT2D eigenvalue weighted by Crippen LogP contribution is -2.22. The van der Waals surface area contributed by atoms with Gasteiger partial charge in [0.25, 0.3) is 5.56 Å². The van der Waals surface area contributed by atoms with Crippen LogP contribution >= 0.6 is 15.9 Å². The number of halogens is 1. The SMILES string of the molecule is CCCCc1nc(=O)c(Br)c(C)n1Cc1ccc(-c2ccccc2C#N)cc1. The van der Waals surface area contributed by atoms with E-state index in [2.05, 4.69) is 50.6 Å². The molecule has 0 atom stereocenters. The Bertz CT molecular complexity index is 1080. The van der Waals surface area contributed by atoms with Crippen molar-refractivity contribution >= 4 is 15.9 Å². The second kappa shape index (κ2) is 8.99. The largest absolute Gasteiger partial charge is 0.328 e. The van der Waals surface area contributed by atoms with Gasteiger partial charge in [-0.1, -0.05) is 55.8 Å². The zero-order chi connectivity index (χ0) is 20.1. The Morgan fingerprint density at radius 1 is 1.14 bits per heavy atom. The Morgan fingerprint density at radius 3 is 2.54 bits per heavy atom. The standard InChI is InChI=1S/C23H22BrN3O/c1-3-4-9-21-26-23(28)22(24)16(2)27(21)15-17-10-12-18(13-11-17)20-8-6-5-7-19(20)14-25/h5-8,10-13H,3-4,9,15H2,1-2H3. The van der Waals surface area contributed by atoms with Crippen LogP contribution in [0.2, 0.25) is 0 Å². The summed E-state index contributed by atoms with van der Waals surface area (Å²) in [6, 6.07) is 18.1. The van der Waals surface area contributed by atoms with E-state index in [1.807, 2.05) is 43.3 Å². The third-order valence-electron chi connectivity index (χ3n) is 4.86. The number of unbranched alkanes of at least 4 members (excludes halogenated alkanes) is 1. The van der Waals surface area contributed by atoms with Crippen LogP contribution in [0, 0.1) is 18.3 Å². The molecule has 1 heterocycles. The Labute approximate surface area is 173 Å². The summed E-state index contributed by atoms with van der Waals surface area (Å²) in [5, 5.41) is 9.32. The van der Waals surface area contributed by atoms with Gasteiger partial charge in [-0.15, -0.1) is 0 Å². The van der Waals surface area contributed by atoms with E-state index in [-0.39, 0.29) is 5.56 Å². The van der Waals surface area contributed by atoms with Gasteiger partial charge >= 0.3 is 0 Å². The van der Waals surface area contributed by atoms with Gasteiger partial charge in [-0.25, -0.2) is 0 Å². The molecule has 0 aliphatic heterocycles. The Kier molecular flexibility index (Phi) is 6.43. The molecule has 0 aliphatic carbocycles. The van der Waals surface area contributed by atoms with Gasteiger partial charge in [-0.2, -0.15) is 10.2 Å². The van der Waals surface area contributed by atoms with Crippen molar-refractivity contribution in [1.82, 2.24) is 9.55 Å². The molecular weight excluding hydrogens is 414 g/mol. The zero-order valence-electron chi connectivity index (χ0n) is 16.1. The van der Waals surface area contributed by atoms with Gasteiger partial charge in [0, 0.05) is 18.7 Å². The average Bonchev–Trinajstić information content (AvgIpc) is 2.73. The van der Waals surface area contributed by atoms with Gasteiger partial charge in [-0.3, -0.25) is 4.79 Å². The van der Waals surface area contributed by atoms with Gasteiger partial charge < -0.3 is 4.57 Å². The highest BCUT2D eigenvalue weighted by atomic mass is 79.9. The molecule has 0 aliphatic rings. The summed E-state index contributed by atoms with van der Waals surface area (Å²) >= 11 is 3.38. The molecule has 0 spiro atoms. The van der Waals surface area contributed by atoms with Crippen LogP contribution in [-0.2, 0) is 13.0 Å². The Hall–Kier alpha value is -2.71. The van der Waals surface area contributed by atoms with Crippen LogP contribution in [-0.4, -0.2) is 9.55 Å². The number of benzene rings is 2. The molecule has 0 radical (unpaired) electrons. The summed E-state index contributed by atoms with van der Waals surface area (Å²) in [5.41, 5.74) is 4.43. The summed E-state index contributed by atoms with van der Waals surface area (Å²) in [6.07, 6.45) is 2.84. The van der Waals surface area contributed by atoms with E-state index in [0.29, 0.717) is 16.6 Å². The van der Waals surface area contributed by atoms with Crippen LogP contribution in [0.5, 0.6) is 0 Å². The van der Waals surface area contributed by atoms with Crippen LogP contribution < -0.4 is 5.56 Å². The highest BCUT2D eigenvalue weighted by Gasteiger charge is 2.13. The molecule has 0 unspecified atom stereocenters. The first-order chi connectivity index (χ1) is 13.5. The number of rotatable bonds is 6. The molecule has 28 heavy (non-hydrogen) atoms. The normalized spacial score (nSPS) is 10.6. The fraction of sp³-hybridized carbons (Fsp3) is 0.261. The van der Waals surface area contributed by atoms with Crippen molar-refractivity contribution in [3.8, 4) is 17.2 Å². The lowest BCUT2D eigenvalue weighted by Gasteiger charge is -2.17. The van der Waals surface area contributed by atoms with Crippen LogP contribution in [0.4, 0.5) is 0 Å². The number of nitriles is 1. The topological polar surface area (TPSA) is 58.7 Å². The summed E-state index contributed by atoms with van der Waals surface area (Å²) in [4.78, 5) is 16.4. The van der Waals surface area contributed by atoms with Crippen molar-refractivity contribution in [2.45, 2.75) is 39.7 Å². The first kappa shape index (κ1) is 20.0. The molecular formula is C23H22BrN3O. The van der Waals surface area contributed by atoms with Crippen molar-refractivity contribution in [2.24, 2.45) is 0 Å². The first-order valence-corrected chi connectivity index (χ1v) is 10.2. The second-order valence-electron chi connectivity index (χ2n) is 6.78. The van der Waals surface area contributed by atoms with E-state index in [1.165, 1.54) is 0 Å². The fourth-order valence-electron chi connectivity index (χ4n) is 3.23. The van der Waals surface area contributed by atoms with E-state index in [4.69, 9.17) is 0 Å². The van der Waals surface area contributed by atoms with Crippen molar-refractivity contribution < 1.29 is 0 Å². The zero-order valence-corrected chi connectivity index (χ0v) is 17.7. The minimum atomic E-state index is -0.205. The van der Waals surface area contributed by atoms with Crippen LogP contribution in [0.15, 0.2) is 57.8 Å². The van der Waals surface area contributed by atoms with Gasteiger partial charge in [0.2, 0.25) is 0 Å². The molecule has 0 saturated carbocycles.